The summed E-state index contributed by atoms with van der Waals surface area (Å²) in [5, 5.41) is 2.48. The monoisotopic (exact) mass is 235 g/mol. The molecule has 0 aliphatic carbocycles. The third-order valence-corrected chi connectivity index (χ3v) is 2.51. The van der Waals surface area contributed by atoms with Crippen LogP contribution in [0.5, 0.6) is 5.75 Å². The first-order chi connectivity index (χ1) is 8.11. The first-order valence-corrected chi connectivity index (χ1v) is 5.15. The van der Waals surface area contributed by atoms with Crippen molar-refractivity contribution in [1.82, 2.24) is 5.32 Å². The minimum absolute atomic E-state index is 0.0182. The molecule has 0 aromatic heterocycles. The van der Waals surface area contributed by atoms with Gasteiger partial charge in [-0.05, 0) is 12.1 Å². The Bertz CT molecular complexity index is 473. The number of nitrogens with zero attached hydrogens (tertiary/aromatic N) is 1. The van der Waals surface area contributed by atoms with Gasteiger partial charge in [-0.25, -0.2) is 0 Å². The highest BCUT2D eigenvalue weighted by Gasteiger charge is 2.26. The Morgan fingerprint density at radius 2 is 2.35 bits per heavy atom. The number of amides is 2. The number of carbonyl (C=O) groups excluding carboxylic acids is 2. The van der Waals surface area contributed by atoms with Crippen molar-refractivity contribution in [3.05, 3.63) is 18.2 Å². The summed E-state index contributed by atoms with van der Waals surface area (Å²) >= 11 is 0. The molecule has 1 aromatic carbocycles. The Hall–Kier alpha value is -2.24. The molecule has 1 heterocycles. The van der Waals surface area contributed by atoms with Gasteiger partial charge in [-0.2, -0.15) is 0 Å². The molecule has 3 N–H and O–H groups in total. The number of anilines is 2. The van der Waals surface area contributed by atoms with Crippen molar-refractivity contribution >= 4 is 23.2 Å². The SMILES string of the molecule is CNC(=O)CN1C(=O)COc2cc(N)ccc21. The lowest BCUT2D eigenvalue weighted by molar-refractivity contribution is -0.125. The summed E-state index contributed by atoms with van der Waals surface area (Å²) in [6.45, 7) is -0.0942. The molecule has 6 heteroatoms. The van der Waals surface area contributed by atoms with E-state index < -0.39 is 0 Å². The van der Waals surface area contributed by atoms with Gasteiger partial charge in [0.1, 0.15) is 12.3 Å². The van der Waals surface area contributed by atoms with E-state index in [0.29, 0.717) is 17.1 Å². The maximum atomic E-state index is 11.7. The molecule has 1 aliphatic heterocycles. The number of fused-ring (bicyclic) bond motifs is 1. The van der Waals surface area contributed by atoms with Gasteiger partial charge in [-0.1, -0.05) is 0 Å². The van der Waals surface area contributed by atoms with Gasteiger partial charge >= 0.3 is 0 Å². The second kappa shape index (κ2) is 4.32. The lowest BCUT2D eigenvalue weighted by atomic mass is 10.2. The van der Waals surface area contributed by atoms with Crippen molar-refractivity contribution < 1.29 is 14.3 Å². The number of carbonyl (C=O) groups is 2. The molecule has 1 aliphatic rings. The summed E-state index contributed by atoms with van der Waals surface area (Å²) in [6, 6.07) is 4.97. The number of ether oxygens (including phenoxy) is 1. The normalized spacial score (nSPS) is 13.9. The molecule has 0 atom stereocenters. The molecule has 2 amide bonds. The van der Waals surface area contributed by atoms with Crippen LogP contribution in [0.15, 0.2) is 18.2 Å². The Balaban J connectivity index is 2.33. The molecule has 0 fully saturated rings. The van der Waals surface area contributed by atoms with Crippen LogP contribution >= 0.6 is 0 Å². The van der Waals surface area contributed by atoms with Crippen LogP contribution < -0.4 is 20.7 Å². The summed E-state index contributed by atoms with van der Waals surface area (Å²) in [5.74, 6) is 0.0439. The van der Waals surface area contributed by atoms with Gasteiger partial charge in [0.2, 0.25) is 5.91 Å². The number of nitrogen functional groups attached to an aromatic ring is 1. The number of benzene rings is 1. The Morgan fingerprint density at radius 3 is 3.06 bits per heavy atom. The van der Waals surface area contributed by atoms with Gasteiger partial charge in [0, 0.05) is 18.8 Å². The zero-order valence-electron chi connectivity index (χ0n) is 9.40. The molecule has 6 nitrogen and oxygen atoms in total. The first kappa shape index (κ1) is 11.3. The van der Waals surface area contributed by atoms with E-state index in [1.807, 2.05) is 0 Å². The van der Waals surface area contributed by atoms with Gasteiger partial charge in [0.25, 0.3) is 5.91 Å². The van der Waals surface area contributed by atoms with Gasteiger partial charge in [-0.15, -0.1) is 0 Å². The minimum Gasteiger partial charge on any atom is -0.481 e. The molecule has 0 bridgehead atoms. The first-order valence-electron chi connectivity index (χ1n) is 5.15. The number of hydrogen-bond donors (Lipinski definition) is 2. The van der Waals surface area contributed by atoms with Crippen LogP contribution in [-0.4, -0.2) is 32.0 Å². The zero-order valence-corrected chi connectivity index (χ0v) is 9.40. The highest BCUT2D eigenvalue weighted by Crippen LogP contribution is 2.33. The lowest BCUT2D eigenvalue weighted by Crippen LogP contribution is -2.44. The molecule has 0 saturated carbocycles. The summed E-state index contributed by atoms with van der Waals surface area (Å²) in [7, 11) is 1.52. The molecule has 17 heavy (non-hydrogen) atoms. The highest BCUT2D eigenvalue weighted by atomic mass is 16.5. The average Bonchev–Trinajstić information content (AvgIpc) is 2.32. The zero-order chi connectivity index (χ0) is 12.4. The molecule has 1 aromatic rings. The van der Waals surface area contributed by atoms with Gasteiger partial charge < -0.3 is 15.8 Å². The van der Waals surface area contributed by atoms with Gasteiger partial charge in [-0.3, -0.25) is 14.5 Å². The van der Waals surface area contributed by atoms with Crippen molar-refractivity contribution in [3.8, 4) is 5.75 Å². The fourth-order valence-corrected chi connectivity index (χ4v) is 1.62. The Kier molecular flexibility index (Phi) is 2.86. The lowest BCUT2D eigenvalue weighted by Gasteiger charge is -2.28. The van der Waals surface area contributed by atoms with Crippen LogP contribution in [0.2, 0.25) is 0 Å². The van der Waals surface area contributed by atoms with Gasteiger partial charge in [0.15, 0.2) is 6.61 Å². The van der Waals surface area contributed by atoms with E-state index in [1.54, 1.807) is 18.2 Å². The minimum atomic E-state index is -0.245. The average molecular weight is 235 g/mol. The summed E-state index contributed by atoms with van der Waals surface area (Å²) < 4.78 is 5.26. The smallest absolute Gasteiger partial charge is 0.265 e. The van der Waals surface area contributed by atoms with E-state index in [-0.39, 0.29) is 25.0 Å². The molecule has 2 rings (SSSR count). The fourth-order valence-electron chi connectivity index (χ4n) is 1.62. The number of nitrogens with one attached hydrogen (secondary N) is 1. The van der Waals surface area contributed by atoms with E-state index >= 15 is 0 Å². The topological polar surface area (TPSA) is 84.7 Å². The van der Waals surface area contributed by atoms with Crippen molar-refractivity contribution in [1.29, 1.82) is 0 Å². The number of hydrogen-bond acceptors (Lipinski definition) is 4. The number of rotatable bonds is 2. The molecule has 0 unspecified atom stereocenters. The van der Waals surface area contributed by atoms with Crippen molar-refractivity contribution in [2.45, 2.75) is 0 Å². The summed E-state index contributed by atoms with van der Waals surface area (Å²) in [6.07, 6.45) is 0. The van der Waals surface area contributed by atoms with E-state index in [9.17, 15) is 9.59 Å². The van der Waals surface area contributed by atoms with Crippen LogP contribution in [-0.2, 0) is 9.59 Å². The van der Waals surface area contributed by atoms with E-state index in [2.05, 4.69) is 5.32 Å². The predicted octanol–water partition coefficient (Wildman–Crippen LogP) is -0.260. The van der Waals surface area contributed by atoms with Crippen molar-refractivity contribution in [2.24, 2.45) is 0 Å². The fraction of sp³-hybridized carbons (Fsp3) is 0.273. The largest absolute Gasteiger partial charge is 0.481 e. The summed E-state index contributed by atoms with van der Waals surface area (Å²) in [4.78, 5) is 24.4. The van der Waals surface area contributed by atoms with Crippen molar-refractivity contribution in [3.63, 3.8) is 0 Å². The second-order valence-electron chi connectivity index (χ2n) is 3.67. The Morgan fingerprint density at radius 1 is 1.59 bits per heavy atom. The quantitative estimate of drug-likeness (QED) is 0.692. The van der Waals surface area contributed by atoms with E-state index in [4.69, 9.17) is 10.5 Å². The molecule has 0 saturated heterocycles. The highest BCUT2D eigenvalue weighted by molar-refractivity contribution is 6.02. The molecule has 0 spiro atoms. The van der Waals surface area contributed by atoms with Crippen LogP contribution in [0, 0.1) is 0 Å². The molecule has 90 valence electrons. The van der Waals surface area contributed by atoms with Crippen LogP contribution in [0.1, 0.15) is 0 Å². The third-order valence-electron chi connectivity index (χ3n) is 2.51. The standard InChI is InChI=1S/C11H13N3O3/c1-13-10(15)5-14-8-3-2-7(12)4-9(8)17-6-11(14)16/h2-4H,5-6,12H2,1H3,(H,13,15). The van der Waals surface area contributed by atoms with E-state index in [0.717, 1.165) is 0 Å². The van der Waals surface area contributed by atoms with Crippen LogP contribution in [0.4, 0.5) is 11.4 Å². The van der Waals surface area contributed by atoms with E-state index in [1.165, 1.54) is 11.9 Å². The molecular formula is C11H13N3O3. The molecule has 0 radical (unpaired) electrons. The predicted molar refractivity (Wildman–Crippen MR) is 62.8 cm³/mol. The third kappa shape index (κ3) is 2.15. The number of likely N-dealkylation sites (N-methyl/N-ethyl adjacent to an activating group) is 1. The maximum Gasteiger partial charge on any atom is 0.265 e. The second-order valence-corrected chi connectivity index (χ2v) is 3.67. The summed E-state index contributed by atoms with van der Waals surface area (Å²) in [5.41, 5.74) is 6.75. The van der Waals surface area contributed by atoms with Crippen LogP contribution in [0.25, 0.3) is 0 Å². The van der Waals surface area contributed by atoms with Crippen LogP contribution in [0.3, 0.4) is 0 Å². The molecular weight excluding hydrogens is 222 g/mol. The Labute approximate surface area is 98.3 Å². The van der Waals surface area contributed by atoms with Gasteiger partial charge in [0.05, 0.1) is 5.69 Å². The number of nitrogens with two attached hydrogens (primary N) is 1. The maximum absolute atomic E-state index is 11.7. The van der Waals surface area contributed by atoms with Crippen molar-refractivity contribution in [2.75, 3.05) is 30.8 Å².